The topological polar surface area (TPSA) is 73.9 Å². The molecule has 6 nitrogen and oxygen atoms in total. The normalized spacial score (nSPS) is 22.7. The van der Waals surface area contributed by atoms with E-state index in [0.717, 1.165) is 12.1 Å². The van der Waals surface area contributed by atoms with Gasteiger partial charge in [-0.2, -0.15) is 13.2 Å². The van der Waals surface area contributed by atoms with E-state index in [1.54, 1.807) is 20.8 Å². The Kier molecular flexibility index (Phi) is 7.15. The molecule has 3 atom stereocenters. The highest BCUT2D eigenvalue weighted by molar-refractivity contribution is 5.70. The molecule has 1 N–H and O–H groups in total. The summed E-state index contributed by atoms with van der Waals surface area (Å²) < 4.78 is 54.2. The third-order valence-corrected chi connectivity index (χ3v) is 4.50. The maximum absolute atomic E-state index is 12.9. The van der Waals surface area contributed by atoms with Crippen molar-refractivity contribution in [2.24, 2.45) is 0 Å². The number of alkyl carbamates (subject to hydrolysis) is 1. The maximum atomic E-state index is 12.9. The van der Waals surface area contributed by atoms with E-state index in [9.17, 15) is 22.8 Å². The minimum Gasteiger partial charge on any atom is -0.469 e. The lowest BCUT2D eigenvalue weighted by Gasteiger charge is -2.37. The molecule has 1 saturated heterocycles. The second-order valence-corrected chi connectivity index (χ2v) is 7.95. The smallest absolute Gasteiger partial charge is 0.416 e. The summed E-state index contributed by atoms with van der Waals surface area (Å²) in [5.74, 6) is -0.798. The summed E-state index contributed by atoms with van der Waals surface area (Å²) in [4.78, 5) is 23.8. The Balaban J connectivity index is 2.20. The van der Waals surface area contributed by atoms with Crippen LogP contribution in [0.25, 0.3) is 0 Å². The Hall–Kier alpha value is -2.29. The van der Waals surface area contributed by atoms with Crippen molar-refractivity contribution in [3.8, 4) is 0 Å². The number of methoxy groups -OCH3 is 1. The minimum absolute atomic E-state index is 0.0206. The Labute approximate surface area is 167 Å². The zero-order valence-electron chi connectivity index (χ0n) is 16.8. The van der Waals surface area contributed by atoms with E-state index >= 15 is 0 Å². The highest BCUT2D eigenvalue weighted by Crippen LogP contribution is 2.35. The summed E-state index contributed by atoms with van der Waals surface area (Å²) >= 11 is 0. The number of halogens is 3. The largest absolute Gasteiger partial charge is 0.469 e. The van der Waals surface area contributed by atoms with Gasteiger partial charge in [0, 0.05) is 5.92 Å². The number of nitrogens with one attached hydrogen (secondary N) is 1. The average molecular weight is 417 g/mol. The number of alkyl halides is 3. The summed E-state index contributed by atoms with van der Waals surface area (Å²) in [5, 5.41) is 2.73. The molecule has 1 aromatic carbocycles. The quantitative estimate of drug-likeness (QED) is 0.749. The minimum atomic E-state index is -4.43. The third kappa shape index (κ3) is 6.92. The summed E-state index contributed by atoms with van der Waals surface area (Å²) in [7, 11) is 1.27. The Morgan fingerprint density at radius 1 is 1.17 bits per heavy atom. The Morgan fingerprint density at radius 3 is 2.31 bits per heavy atom. The molecule has 1 aliphatic heterocycles. The highest BCUT2D eigenvalue weighted by Gasteiger charge is 2.36. The number of hydrogen-bond acceptors (Lipinski definition) is 5. The molecule has 0 saturated carbocycles. The molecule has 0 aliphatic carbocycles. The van der Waals surface area contributed by atoms with E-state index in [2.05, 4.69) is 10.1 Å². The number of carbonyl (C=O) groups excluding carboxylic acids is 2. The highest BCUT2D eigenvalue weighted by atomic mass is 19.4. The van der Waals surface area contributed by atoms with Gasteiger partial charge in [0.25, 0.3) is 0 Å². The van der Waals surface area contributed by atoms with Crippen molar-refractivity contribution in [1.29, 1.82) is 0 Å². The Bertz CT molecular complexity index is 712. The van der Waals surface area contributed by atoms with Crippen LogP contribution in [0.5, 0.6) is 0 Å². The molecule has 2 rings (SSSR count). The van der Waals surface area contributed by atoms with Gasteiger partial charge < -0.3 is 19.5 Å². The van der Waals surface area contributed by atoms with Crippen LogP contribution in [0.4, 0.5) is 18.0 Å². The third-order valence-electron chi connectivity index (χ3n) is 4.50. The van der Waals surface area contributed by atoms with E-state index in [1.807, 2.05) is 0 Å². The van der Waals surface area contributed by atoms with Gasteiger partial charge in [-0.1, -0.05) is 12.1 Å². The molecule has 0 radical (unpaired) electrons. The van der Waals surface area contributed by atoms with Gasteiger partial charge >= 0.3 is 18.2 Å². The number of hydrogen-bond donors (Lipinski definition) is 1. The van der Waals surface area contributed by atoms with Crippen LogP contribution in [0.15, 0.2) is 24.3 Å². The van der Waals surface area contributed by atoms with Gasteiger partial charge in [-0.15, -0.1) is 0 Å². The summed E-state index contributed by atoms with van der Waals surface area (Å²) in [6.45, 7) is 5.27. The second kappa shape index (κ2) is 9.02. The molecule has 1 fully saturated rings. The molecule has 9 heteroatoms. The van der Waals surface area contributed by atoms with E-state index in [0.29, 0.717) is 12.0 Å². The van der Waals surface area contributed by atoms with Gasteiger partial charge in [0.2, 0.25) is 0 Å². The first-order valence-electron chi connectivity index (χ1n) is 9.24. The van der Waals surface area contributed by atoms with Crippen molar-refractivity contribution in [2.45, 2.75) is 63.5 Å². The van der Waals surface area contributed by atoms with E-state index < -0.39 is 41.5 Å². The monoisotopic (exact) mass is 417 g/mol. The van der Waals surface area contributed by atoms with Crippen LogP contribution >= 0.6 is 0 Å². The van der Waals surface area contributed by atoms with Crippen molar-refractivity contribution >= 4 is 12.1 Å². The van der Waals surface area contributed by atoms with Crippen LogP contribution in [0.3, 0.4) is 0 Å². The van der Waals surface area contributed by atoms with Gasteiger partial charge in [0.15, 0.2) is 0 Å². The molecular formula is C20H26F3NO5. The van der Waals surface area contributed by atoms with Gasteiger partial charge in [-0.25, -0.2) is 4.79 Å². The standard InChI is InChI=1S/C20H26F3NO5/c1-19(2,3)29-18(26)24-16-11-28-14(10-17(25)27-4)9-15(16)12-5-7-13(8-6-12)20(21,22)23/h5-8,14-16H,9-11H2,1-4H3,(H,24,26)/t14-,15+,16-/m1/s1. The number of carbonyl (C=O) groups is 2. The molecular weight excluding hydrogens is 391 g/mol. The molecule has 0 unspecified atom stereocenters. The average Bonchev–Trinajstić information content (AvgIpc) is 2.60. The zero-order valence-corrected chi connectivity index (χ0v) is 16.8. The summed E-state index contributed by atoms with van der Waals surface area (Å²) in [6.07, 6.45) is -5.19. The van der Waals surface area contributed by atoms with Crippen LogP contribution in [0.1, 0.15) is 50.7 Å². The molecule has 1 heterocycles. The van der Waals surface area contributed by atoms with Crippen molar-refractivity contribution in [2.75, 3.05) is 13.7 Å². The summed E-state index contributed by atoms with van der Waals surface area (Å²) in [6, 6.07) is 4.26. The second-order valence-electron chi connectivity index (χ2n) is 7.95. The number of benzene rings is 1. The zero-order chi connectivity index (χ0) is 21.8. The molecule has 1 aromatic rings. The van der Waals surface area contributed by atoms with Gasteiger partial charge in [0.05, 0.1) is 37.8 Å². The van der Waals surface area contributed by atoms with Crippen LogP contribution < -0.4 is 5.32 Å². The number of amides is 1. The van der Waals surface area contributed by atoms with Crippen molar-refractivity contribution < 1.29 is 37.0 Å². The predicted octanol–water partition coefficient (Wildman–Crippen LogP) is 4.03. The number of rotatable bonds is 4. The van der Waals surface area contributed by atoms with Crippen molar-refractivity contribution in [3.05, 3.63) is 35.4 Å². The van der Waals surface area contributed by atoms with E-state index in [-0.39, 0.29) is 18.9 Å². The van der Waals surface area contributed by atoms with E-state index in [1.165, 1.54) is 19.2 Å². The molecule has 0 bridgehead atoms. The predicted molar refractivity (Wildman–Crippen MR) is 98.3 cm³/mol. The number of ether oxygens (including phenoxy) is 3. The first kappa shape index (κ1) is 23.0. The molecule has 1 amide bonds. The maximum Gasteiger partial charge on any atom is 0.416 e. The van der Waals surface area contributed by atoms with Crippen LogP contribution in [0.2, 0.25) is 0 Å². The SMILES string of the molecule is COC(=O)C[C@H]1C[C@@H](c2ccc(C(F)(F)F)cc2)[C@H](NC(=O)OC(C)(C)C)CO1. The van der Waals surface area contributed by atoms with Crippen LogP contribution in [0, 0.1) is 0 Å². The first-order valence-corrected chi connectivity index (χ1v) is 9.24. The van der Waals surface area contributed by atoms with Gasteiger partial charge in [0.1, 0.15) is 5.60 Å². The Morgan fingerprint density at radius 2 is 1.79 bits per heavy atom. The van der Waals surface area contributed by atoms with Gasteiger partial charge in [-0.05, 0) is 44.9 Å². The fraction of sp³-hybridized carbons (Fsp3) is 0.600. The van der Waals surface area contributed by atoms with Crippen molar-refractivity contribution in [1.82, 2.24) is 5.32 Å². The molecule has 1 aliphatic rings. The lowest BCUT2D eigenvalue weighted by atomic mass is 9.84. The molecule has 0 aromatic heterocycles. The van der Waals surface area contributed by atoms with Gasteiger partial charge in [-0.3, -0.25) is 4.79 Å². The van der Waals surface area contributed by atoms with E-state index in [4.69, 9.17) is 9.47 Å². The first-order chi connectivity index (χ1) is 13.4. The van der Waals surface area contributed by atoms with Crippen LogP contribution in [-0.4, -0.2) is 43.5 Å². The van der Waals surface area contributed by atoms with Crippen molar-refractivity contribution in [3.63, 3.8) is 0 Å². The van der Waals surface area contributed by atoms with Crippen LogP contribution in [-0.2, 0) is 25.2 Å². The fourth-order valence-corrected chi connectivity index (χ4v) is 3.17. The molecule has 29 heavy (non-hydrogen) atoms. The molecule has 162 valence electrons. The fourth-order valence-electron chi connectivity index (χ4n) is 3.17. The summed E-state index contributed by atoms with van der Waals surface area (Å²) in [5.41, 5.74) is -0.843. The lowest BCUT2D eigenvalue weighted by Crippen LogP contribution is -2.49. The number of esters is 1. The lowest BCUT2D eigenvalue weighted by molar-refractivity contribution is -0.145. The molecule has 0 spiro atoms.